The second-order valence-corrected chi connectivity index (χ2v) is 8.69. The molecule has 0 spiro atoms. The van der Waals surface area contributed by atoms with E-state index < -0.39 is 29.7 Å². The smallest absolute Gasteiger partial charge is 0.410 e. The number of fused-ring (bicyclic) bond motifs is 1. The van der Waals surface area contributed by atoms with E-state index in [1.54, 1.807) is 39.0 Å². The van der Waals surface area contributed by atoms with Crippen molar-refractivity contribution in [3.05, 3.63) is 23.8 Å². The summed E-state index contributed by atoms with van der Waals surface area (Å²) in [7, 11) is 1.47. The Labute approximate surface area is 182 Å². The zero-order valence-electron chi connectivity index (χ0n) is 19.0. The highest BCUT2D eigenvalue weighted by Crippen LogP contribution is 2.33. The third-order valence-electron chi connectivity index (χ3n) is 4.85. The Morgan fingerprint density at radius 1 is 1.16 bits per heavy atom. The Balaban J connectivity index is 1.90. The average Bonchev–Trinajstić information content (AvgIpc) is 3.17. The zero-order chi connectivity index (χ0) is 23.3. The molecule has 1 aromatic carbocycles. The Morgan fingerprint density at radius 3 is 2.45 bits per heavy atom. The van der Waals surface area contributed by atoms with Gasteiger partial charge in [0.2, 0.25) is 6.79 Å². The van der Waals surface area contributed by atoms with Crippen LogP contribution in [0.5, 0.6) is 11.5 Å². The van der Waals surface area contributed by atoms with Crippen LogP contribution in [0.25, 0.3) is 0 Å². The van der Waals surface area contributed by atoms with Crippen LogP contribution in [0.1, 0.15) is 51.4 Å². The van der Waals surface area contributed by atoms with Gasteiger partial charge in [-0.3, -0.25) is 9.59 Å². The second-order valence-electron chi connectivity index (χ2n) is 8.69. The quantitative estimate of drug-likeness (QED) is 0.464. The van der Waals surface area contributed by atoms with Crippen LogP contribution in [0.2, 0.25) is 0 Å². The molecular formula is C22H32N2O7. The fourth-order valence-corrected chi connectivity index (χ4v) is 2.94. The number of ether oxygens (including phenoxy) is 4. The van der Waals surface area contributed by atoms with Crippen LogP contribution in [-0.4, -0.2) is 60.9 Å². The van der Waals surface area contributed by atoms with Crippen LogP contribution in [0.15, 0.2) is 18.2 Å². The minimum Gasteiger partial charge on any atom is -0.455 e. The first kappa shape index (κ1) is 24.5. The summed E-state index contributed by atoms with van der Waals surface area (Å²) in [5.41, 5.74) is 5.18. The van der Waals surface area contributed by atoms with Gasteiger partial charge in [-0.2, -0.15) is 0 Å². The summed E-state index contributed by atoms with van der Waals surface area (Å²) in [6, 6.07) is 3.34. The van der Waals surface area contributed by atoms with Crippen molar-refractivity contribution in [3.63, 3.8) is 0 Å². The van der Waals surface area contributed by atoms with E-state index in [0.717, 1.165) is 0 Å². The van der Waals surface area contributed by atoms with Crippen LogP contribution in [-0.2, 0) is 14.3 Å². The van der Waals surface area contributed by atoms with Gasteiger partial charge in [-0.25, -0.2) is 4.79 Å². The number of ketones is 1. The highest BCUT2D eigenvalue weighted by Gasteiger charge is 2.31. The summed E-state index contributed by atoms with van der Waals surface area (Å²) in [6.07, 6.45) is -0.214. The van der Waals surface area contributed by atoms with Gasteiger partial charge < -0.3 is 29.6 Å². The molecule has 0 aliphatic carbocycles. The second kappa shape index (κ2) is 10.00. The summed E-state index contributed by atoms with van der Waals surface area (Å²) < 4.78 is 21.2. The first-order valence-corrected chi connectivity index (χ1v) is 10.2. The Bertz CT molecular complexity index is 822. The normalized spacial score (nSPS) is 14.7. The maximum absolute atomic E-state index is 12.8. The molecule has 31 heavy (non-hydrogen) atoms. The van der Waals surface area contributed by atoms with Crippen molar-refractivity contribution in [2.24, 2.45) is 11.7 Å². The number of hydrogen-bond donors (Lipinski definition) is 1. The van der Waals surface area contributed by atoms with E-state index >= 15 is 0 Å². The van der Waals surface area contributed by atoms with Crippen molar-refractivity contribution < 1.29 is 33.3 Å². The largest absolute Gasteiger partial charge is 0.455 e. The van der Waals surface area contributed by atoms with Crippen molar-refractivity contribution in [2.45, 2.75) is 58.7 Å². The highest BCUT2D eigenvalue weighted by atomic mass is 16.7. The van der Waals surface area contributed by atoms with Gasteiger partial charge in [0.25, 0.3) is 0 Å². The average molecular weight is 437 g/mol. The van der Waals surface area contributed by atoms with Gasteiger partial charge >= 0.3 is 12.1 Å². The van der Waals surface area contributed by atoms with Gasteiger partial charge in [-0.05, 0) is 51.3 Å². The Morgan fingerprint density at radius 2 is 1.81 bits per heavy atom. The molecular weight excluding hydrogens is 404 g/mol. The monoisotopic (exact) mass is 436 g/mol. The number of hydrogen-bond acceptors (Lipinski definition) is 8. The van der Waals surface area contributed by atoms with Gasteiger partial charge in [0, 0.05) is 12.6 Å². The molecule has 2 atom stereocenters. The van der Waals surface area contributed by atoms with Crippen LogP contribution in [0, 0.1) is 5.92 Å². The summed E-state index contributed by atoms with van der Waals surface area (Å²) >= 11 is 0. The van der Waals surface area contributed by atoms with E-state index in [0.29, 0.717) is 23.5 Å². The molecule has 0 saturated heterocycles. The molecule has 172 valence electrons. The summed E-state index contributed by atoms with van der Waals surface area (Å²) in [5.74, 6) is 0.489. The van der Waals surface area contributed by atoms with Crippen LogP contribution in [0.4, 0.5) is 4.79 Å². The van der Waals surface area contributed by atoms with Crippen molar-refractivity contribution in [1.82, 2.24) is 4.90 Å². The lowest BCUT2D eigenvalue weighted by Crippen LogP contribution is -2.45. The molecule has 9 heteroatoms. The molecule has 2 rings (SSSR count). The number of Topliss-reactive ketones (excluding diaryl/α,β-unsaturated/α-hetero) is 1. The van der Waals surface area contributed by atoms with E-state index in [1.807, 2.05) is 13.8 Å². The van der Waals surface area contributed by atoms with Gasteiger partial charge in [0.05, 0.1) is 6.04 Å². The highest BCUT2D eigenvalue weighted by molar-refractivity contribution is 6.01. The molecule has 0 bridgehead atoms. The predicted octanol–water partition coefficient (Wildman–Crippen LogP) is 2.75. The number of nitrogens with two attached hydrogens (primary N) is 1. The van der Waals surface area contributed by atoms with Gasteiger partial charge in [-0.1, -0.05) is 13.8 Å². The maximum atomic E-state index is 12.8. The number of carbonyl (C=O) groups is 3. The number of likely N-dealkylation sites (N-methyl/N-ethyl adjacent to an activating group) is 1. The molecule has 2 unspecified atom stereocenters. The molecule has 0 saturated carbocycles. The molecule has 0 fully saturated rings. The third kappa shape index (κ3) is 6.58. The molecule has 0 radical (unpaired) electrons. The van der Waals surface area contributed by atoms with Crippen molar-refractivity contribution >= 4 is 17.8 Å². The van der Waals surface area contributed by atoms with Crippen molar-refractivity contribution in [3.8, 4) is 11.5 Å². The van der Waals surface area contributed by atoms with Crippen molar-refractivity contribution in [2.75, 3.05) is 20.4 Å². The number of carbonyl (C=O) groups excluding carboxylic acids is 3. The van der Waals surface area contributed by atoms with E-state index in [-0.39, 0.29) is 25.1 Å². The van der Waals surface area contributed by atoms with Gasteiger partial charge in [0.1, 0.15) is 18.2 Å². The summed E-state index contributed by atoms with van der Waals surface area (Å²) in [5, 5.41) is 0. The molecule has 0 aromatic heterocycles. The zero-order valence-corrected chi connectivity index (χ0v) is 19.0. The molecule has 1 aliphatic rings. The van der Waals surface area contributed by atoms with E-state index in [9.17, 15) is 14.4 Å². The predicted molar refractivity (Wildman–Crippen MR) is 113 cm³/mol. The standard InChI is InChI=1S/C22H32N2O7/c1-13(2)9-16(23)20(26)31-22(4,5)11-28-21(27)24(6)14(3)19(25)15-7-8-17-18(10-15)30-12-29-17/h7-8,10,13-14,16H,9,11-12,23H2,1-6H3. The SMILES string of the molecule is CC(C)CC(N)C(=O)OC(C)(C)COC(=O)N(C)C(C)C(=O)c1ccc2c(c1)OCO2. The van der Waals surface area contributed by atoms with Gasteiger partial charge in [-0.15, -0.1) is 0 Å². The summed E-state index contributed by atoms with van der Waals surface area (Å²) in [4.78, 5) is 38.6. The molecule has 9 nitrogen and oxygen atoms in total. The van der Waals surface area contributed by atoms with E-state index in [2.05, 4.69) is 0 Å². The third-order valence-corrected chi connectivity index (χ3v) is 4.85. The maximum Gasteiger partial charge on any atom is 0.410 e. The number of rotatable bonds is 9. The molecule has 1 amide bonds. The molecule has 1 aromatic rings. The van der Waals surface area contributed by atoms with Crippen LogP contribution < -0.4 is 15.2 Å². The van der Waals surface area contributed by atoms with Crippen LogP contribution in [0.3, 0.4) is 0 Å². The summed E-state index contributed by atoms with van der Waals surface area (Å²) in [6.45, 7) is 8.70. The Kier molecular flexibility index (Phi) is 7.89. The number of esters is 1. The number of nitrogens with zero attached hydrogens (tertiary/aromatic N) is 1. The number of benzene rings is 1. The lowest BCUT2D eigenvalue weighted by Gasteiger charge is -2.29. The molecule has 1 heterocycles. The van der Waals surface area contributed by atoms with E-state index in [4.69, 9.17) is 24.7 Å². The lowest BCUT2D eigenvalue weighted by molar-refractivity contribution is -0.162. The first-order chi connectivity index (χ1) is 14.4. The minimum absolute atomic E-state index is 0.109. The first-order valence-electron chi connectivity index (χ1n) is 10.2. The van der Waals surface area contributed by atoms with Crippen LogP contribution >= 0.6 is 0 Å². The van der Waals surface area contributed by atoms with Gasteiger partial charge in [0.15, 0.2) is 17.3 Å². The minimum atomic E-state index is -1.06. The fourth-order valence-electron chi connectivity index (χ4n) is 2.94. The fraction of sp³-hybridized carbons (Fsp3) is 0.591. The van der Waals surface area contributed by atoms with E-state index in [1.165, 1.54) is 11.9 Å². The molecule has 1 aliphatic heterocycles. The number of amides is 1. The Hall–Kier alpha value is -2.81. The molecule has 2 N–H and O–H groups in total. The lowest BCUT2D eigenvalue weighted by atomic mass is 10.0. The topological polar surface area (TPSA) is 117 Å². The van der Waals surface area contributed by atoms with Crippen molar-refractivity contribution in [1.29, 1.82) is 0 Å².